The van der Waals surface area contributed by atoms with Crippen molar-refractivity contribution in [3.05, 3.63) is 70.0 Å². The van der Waals surface area contributed by atoms with E-state index >= 15 is 0 Å². The van der Waals surface area contributed by atoms with Gasteiger partial charge in [-0.15, -0.1) is 0 Å². The van der Waals surface area contributed by atoms with Crippen molar-refractivity contribution in [2.75, 3.05) is 20.1 Å². The van der Waals surface area contributed by atoms with E-state index in [0.717, 1.165) is 4.90 Å². The third kappa shape index (κ3) is 6.14. The maximum Gasteiger partial charge on any atom is 0.416 e. The highest BCUT2D eigenvalue weighted by Gasteiger charge is 2.46. The monoisotopic (exact) mass is 594 g/mol. The van der Waals surface area contributed by atoms with Gasteiger partial charge in [0.1, 0.15) is 5.82 Å². The predicted octanol–water partition coefficient (Wildman–Crippen LogP) is 6.29. The Labute approximate surface area is 228 Å². The van der Waals surface area contributed by atoms with Gasteiger partial charge in [-0.25, -0.2) is 17.1 Å². The summed E-state index contributed by atoms with van der Waals surface area (Å²) in [5.74, 6) is -2.61. The molecular weight excluding hydrogens is 565 g/mol. The van der Waals surface area contributed by atoms with Gasteiger partial charge in [-0.05, 0) is 80.1 Å². The highest BCUT2D eigenvalue weighted by molar-refractivity contribution is 7.90. The Hall–Kier alpha value is -2.67. The minimum Gasteiger partial charge on any atom is -0.339 e. The van der Waals surface area contributed by atoms with Crippen LogP contribution in [0.1, 0.15) is 66.0 Å². The van der Waals surface area contributed by atoms with E-state index < -0.39 is 68.4 Å². The van der Waals surface area contributed by atoms with Gasteiger partial charge < -0.3 is 4.90 Å². The number of hydrogen-bond donors (Lipinski definition) is 0. The maximum atomic E-state index is 13.9. The third-order valence-electron chi connectivity index (χ3n) is 7.85. The fourth-order valence-corrected chi connectivity index (χ4v) is 7.17. The average Bonchev–Trinajstić information content (AvgIpc) is 3.72. The fourth-order valence-electron chi connectivity index (χ4n) is 5.29. The summed E-state index contributed by atoms with van der Waals surface area (Å²) < 4.78 is 122. The summed E-state index contributed by atoms with van der Waals surface area (Å²) in [6, 6.07) is 3.99. The van der Waals surface area contributed by atoms with Gasteiger partial charge in [0.25, 0.3) is 0 Å². The second-order valence-corrected chi connectivity index (χ2v) is 12.8. The van der Waals surface area contributed by atoms with Crippen molar-refractivity contribution >= 4 is 15.9 Å². The molecule has 4 rings (SSSR count). The van der Waals surface area contributed by atoms with Crippen LogP contribution in [0.3, 0.4) is 0 Å². The first-order valence-corrected chi connectivity index (χ1v) is 14.2. The normalized spacial score (nSPS) is 21.8. The zero-order valence-corrected chi connectivity index (χ0v) is 22.8. The summed E-state index contributed by atoms with van der Waals surface area (Å²) in [6.45, 7) is 2.95. The van der Waals surface area contributed by atoms with Crippen molar-refractivity contribution in [3.8, 4) is 0 Å². The summed E-state index contributed by atoms with van der Waals surface area (Å²) in [6.07, 6.45) is -8.91. The minimum absolute atomic E-state index is 0.0292. The van der Waals surface area contributed by atoms with Gasteiger partial charge in [-0.1, -0.05) is 6.07 Å². The van der Waals surface area contributed by atoms with Crippen molar-refractivity contribution in [2.45, 2.75) is 62.7 Å². The molecule has 1 unspecified atom stereocenters. The van der Waals surface area contributed by atoms with Crippen LogP contribution < -0.4 is 0 Å². The van der Waals surface area contributed by atoms with Crippen LogP contribution in [0.4, 0.5) is 30.7 Å². The van der Waals surface area contributed by atoms with E-state index in [2.05, 4.69) is 0 Å². The number of hydrogen-bond acceptors (Lipinski definition) is 3. The van der Waals surface area contributed by atoms with E-state index in [0.29, 0.717) is 36.1 Å². The van der Waals surface area contributed by atoms with Crippen LogP contribution in [0.5, 0.6) is 0 Å². The molecule has 5 nitrogen and oxygen atoms in total. The molecule has 1 amide bonds. The van der Waals surface area contributed by atoms with E-state index in [-0.39, 0.29) is 31.1 Å². The first kappa shape index (κ1) is 30.3. The third-order valence-corrected chi connectivity index (χ3v) is 10.2. The fraction of sp³-hybridized carbons (Fsp3) is 0.519. The quantitative estimate of drug-likeness (QED) is 0.370. The van der Waals surface area contributed by atoms with Gasteiger partial charge in [-0.3, -0.25) is 4.79 Å². The Kier molecular flexibility index (Phi) is 8.05. The zero-order valence-electron chi connectivity index (χ0n) is 22.0. The number of amides is 1. The highest BCUT2D eigenvalue weighted by Crippen LogP contribution is 2.42. The summed E-state index contributed by atoms with van der Waals surface area (Å²) in [4.78, 5) is 14.9. The molecule has 0 radical (unpaired) electrons. The lowest BCUT2D eigenvalue weighted by atomic mass is 9.78. The van der Waals surface area contributed by atoms with Crippen LogP contribution in [0.25, 0.3) is 0 Å². The SMILES string of the molecule is Cc1cc(F)ccc1C1CN(S(=O)(=O)C2CC2)CC[C@@H]1C(=O)N(C)[C@@H](C)c1cc(C(F)(F)F)cc(C(F)(F)F)c1. The largest absolute Gasteiger partial charge is 0.416 e. The lowest BCUT2D eigenvalue weighted by Crippen LogP contribution is -2.49. The maximum absolute atomic E-state index is 13.9. The number of carbonyl (C=O) groups is 1. The second kappa shape index (κ2) is 10.6. The van der Waals surface area contributed by atoms with Gasteiger partial charge in [-0.2, -0.15) is 26.3 Å². The summed E-state index contributed by atoms with van der Waals surface area (Å²) in [5, 5.41) is -0.485. The molecule has 1 aliphatic carbocycles. The van der Waals surface area contributed by atoms with E-state index in [1.165, 1.54) is 36.5 Å². The van der Waals surface area contributed by atoms with Crippen LogP contribution in [-0.4, -0.2) is 48.9 Å². The molecule has 2 aromatic carbocycles. The smallest absolute Gasteiger partial charge is 0.339 e. The Bertz CT molecular complexity index is 1360. The molecule has 0 N–H and O–H groups in total. The second-order valence-electron chi connectivity index (χ2n) is 10.6. The van der Waals surface area contributed by atoms with Crippen molar-refractivity contribution in [1.82, 2.24) is 9.21 Å². The summed E-state index contributed by atoms with van der Waals surface area (Å²) >= 11 is 0. The predicted molar refractivity (Wildman–Crippen MR) is 133 cm³/mol. The van der Waals surface area contributed by atoms with E-state index in [1.807, 2.05) is 0 Å². The Morgan fingerprint density at radius 1 is 0.975 bits per heavy atom. The molecule has 0 bridgehead atoms. The molecule has 40 heavy (non-hydrogen) atoms. The van der Waals surface area contributed by atoms with E-state index in [9.17, 15) is 43.9 Å². The van der Waals surface area contributed by atoms with Crippen LogP contribution in [0.2, 0.25) is 0 Å². The molecule has 1 heterocycles. The number of rotatable bonds is 6. The highest BCUT2D eigenvalue weighted by atomic mass is 32.2. The van der Waals surface area contributed by atoms with Crippen molar-refractivity contribution in [2.24, 2.45) is 5.92 Å². The molecule has 0 aromatic heterocycles. The lowest BCUT2D eigenvalue weighted by molar-refractivity contribution is -0.143. The molecule has 2 aliphatic rings. The Morgan fingerprint density at radius 3 is 2.05 bits per heavy atom. The van der Waals surface area contributed by atoms with Gasteiger partial charge >= 0.3 is 12.4 Å². The molecule has 1 saturated carbocycles. The molecule has 0 spiro atoms. The lowest BCUT2D eigenvalue weighted by Gasteiger charge is -2.40. The van der Waals surface area contributed by atoms with Crippen LogP contribution in [0, 0.1) is 18.7 Å². The number of nitrogens with zero attached hydrogens (tertiary/aromatic N) is 2. The van der Waals surface area contributed by atoms with Crippen molar-refractivity contribution < 1.29 is 43.9 Å². The molecule has 1 saturated heterocycles. The molecule has 220 valence electrons. The number of alkyl halides is 6. The summed E-state index contributed by atoms with van der Waals surface area (Å²) in [7, 11) is -2.30. The van der Waals surface area contributed by atoms with Crippen LogP contribution in [-0.2, 0) is 27.2 Å². The van der Waals surface area contributed by atoms with Crippen LogP contribution in [0.15, 0.2) is 36.4 Å². The zero-order chi connectivity index (χ0) is 29.8. The van der Waals surface area contributed by atoms with Gasteiger partial charge in [0.05, 0.1) is 22.4 Å². The molecule has 1 aliphatic heterocycles. The molecule has 2 fully saturated rings. The van der Waals surface area contributed by atoms with Gasteiger partial charge in [0, 0.05) is 32.0 Å². The number of piperidine rings is 1. The topological polar surface area (TPSA) is 57.7 Å². The molecular formula is C27H29F7N2O3S. The number of sulfonamides is 1. The standard InChI is InChI=1S/C27H29F7N2O3S/c1-15-10-20(28)4-7-22(15)24-14-36(40(38,39)21-5-6-21)9-8-23(24)25(37)35(3)16(2)17-11-18(26(29,30)31)13-19(12-17)27(32,33)34/h4,7,10-13,16,21,23-24H,5-6,8-9,14H2,1-3H3/t16-,23-,24?/m0/s1. The van der Waals surface area contributed by atoms with E-state index in [1.54, 1.807) is 6.92 Å². The number of benzene rings is 2. The Morgan fingerprint density at radius 2 is 1.55 bits per heavy atom. The first-order valence-electron chi connectivity index (χ1n) is 12.7. The average molecular weight is 595 g/mol. The van der Waals surface area contributed by atoms with Crippen LogP contribution >= 0.6 is 0 Å². The minimum atomic E-state index is -5.04. The molecule has 13 heteroatoms. The van der Waals surface area contributed by atoms with Crippen molar-refractivity contribution in [1.29, 1.82) is 0 Å². The number of halogens is 7. The number of carbonyl (C=O) groups excluding carboxylic acids is 1. The summed E-state index contributed by atoms with van der Waals surface area (Å²) in [5.41, 5.74) is -2.26. The molecule has 3 atom stereocenters. The molecule has 2 aromatic rings. The number of aryl methyl sites for hydroxylation is 1. The van der Waals surface area contributed by atoms with Gasteiger partial charge in [0.2, 0.25) is 15.9 Å². The Balaban J connectivity index is 1.68. The van der Waals surface area contributed by atoms with E-state index in [4.69, 9.17) is 0 Å². The first-order chi connectivity index (χ1) is 18.4. The van der Waals surface area contributed by atoms with Gasteiger partial charge in [0.15, 0.2) is 0 Å². The van der Waals surface area contributed by atoms with Crippen molar-refractivity contribution in [3.63, 3.8) is 0 Å².